The molecule has 0 nitrogen and oxygen atoms in total. The molecule has 7 aromatic rings. The summed E-state index contributed by atoms with van der Waals surface area (Å²) in [4.78, 5) is 9.52. The molecule has 0 radical (unpaired) electrons. The molecule has 7 rings (SSSR count). The van der Waals surface area contributed by atoms with Crippen molar-refractivity contribution in [1.29, 1.82) is 0 Å². The van der Waals surface area contributed by atoms with Crippen LogP contribution < -0.4 is 0 Å². The van der Waals surface area contributed by atoms with Gasteiger partial charge in [0.1, 0.15) is 0 Å². The highest BCUT2D eigenvalue weighted by atomic mass is 32.1. The Kier molecular flexibility index (Phi) is 5.95. The van der Waals surface area contributed by atoms with Crippen LogP contribution in [0.1, 0.15) is 0 Å². The first-order valence-electron chi connectivity index (χ1n) is 10.8. The van der Waals surface area contributed by atoms with Crippen LogP contribution in [0.15, 0.2) is 92.3 Å². The van der Waals surface area contributed by atoms with Crippen LogP contribution in [0.4, 0.5) is 0 Å². The minimum Gasteiger partial charge on any atom is -0.144 e. The van der Waals surface area contributed by atoms with Gasteiger partial charge in [0.2, 0.25) is 0 Å². The first kappa shape index (κ1) is 22.1. The molecule has 35 heavy (non-hydrogen) atoms. The van der Waals surface area contributed by atoms with Crippen LogP contribution in [0.25, 0.3) is 62.0 Å². The first-order valence-corrected chi connectivity index (χ1v) is 17.0. The molecule has 0 spiro atoms. The number of hydrogen-bond donors (Lipinski definition) is 0. The van der Waals surface area contributed by atoms with E-state index in [1.165, 1.54) is 62.0 Å². The normalized spacial score (nSPS) is 11.4. The van der Waals surface area contributed by atoms with E-state index in [1.54, 1.807) is 0 Å². The van der Waals surface area contributed by atoms with Gasteiger partial charge in [0.05, 0.1) is 4.88 Å². The first-order chi connectivity index (χ1) is 17.4. The van der Waals surface area contributed by atoms with E-state index >= 15 is 0 Å². The molecule has 0 aromatic carbocycles. The second kappa shape index (κ2) is 9.41. The lowest BCUT2D eigenvalue weighted by Crippen LogP contribution is -1.81. The van der Waals surface area contributed by atoms with Gasteiger partial charge in [-0.3, -0.25) is 0 Å². The van der Waals surface area contributed by atoms with E-state index in [4.69, 9.17) is 0 Å². The summed E-state index contributed by atoms with van der Waals surface area (Å²) in [5.41, 5.74) is 6.74. The van der Waals surface area contributed by atoms with Gasteiger partial charge in [-0.2, -0.15) is 0 Å². The molecule has 0 saturated heterocycles. The van der Waals surface area contributed by atoms with Gasteiger partial charge in [0, 0.05) is 57.1 Å². The van der Waals surface area contributed by atoms with E-state index < -0.39 is 0 Å². The van der Waals surface area contributed by atoms with E-state index in [1.807, 2.05) is 79.4 Å². The predicted molar refractivity (Wildman–Crippen MR) is 164 cm³/mol. The molecule has 0 saturated carbocycles. The third-order valence-electron chi connectivity index (χ3n) is 5.84. The fourth-order valence-electron chi connectivity index (χ4n) is 4.32. The standard InChI is InChI=1S/C28H16S7/c1-3-22(29-10-1)17-5-12-31-24(17)18-6-13-32-25(18)19-7-14-33-26(19)20-8-15-34-27(20)21-9-16-35-28(21)23-4-2-11-30-23/h1-16H. The maximum absolute atomic E-state index is 2.31. The van der Waals surface area contributed by atoms with Crippen molar-refractivity contribution in [2.75, 3.05) is 0 Å². The van der Waals surface area contributed by atoms with E-state index in [0.29, 0.717) is 0 Å². The Morgan fingerprint density at radius 3 is 1.11 bits per heavy atom. The molecule has 170 valence electrons. The molecule has 0 N–H and O–H groups in total. The largest absolute Gasteiger partial charge is 0.144 e. The molecule has 0 aliphatic rings. The lowest BCUT2D eigenvalue weighted by molar-refractivity contribution is 1.79. The van der Waals surface area contributed by atoms with Gasteiger partial charge in [0.15, 0.2) is 0 Å². The fraction of sp³-hybridized carbons (Fsp3) is 0. The summed E-state index contributed by atoms with van der Waals surface area (Å²) in [5.74, 6) is 0. The Morgan fingerprint density at radius 2 is 0.657 bits per heavy atom. The number of thiophene rings is 7. The molecule has 0 atom stereocenters. The fourth-order valence-corrected chi connectivity index (χ4v) is 10.9. The van der Waals surface area contributed by atoms with Crippen molar-refractivity contribution in [1.82, 2.24) is 0 Å². The average molecular weight is 577 g/mol. The Hall–Kier alpha value is -2.10. The highest BCUT2D eigenvalue weighted by Gasteiger charge is 2.22. The Morgan fingerprint density at radius 1 is 0.286 bits per heavy atom. The Bertz CT molecular complexity index is 1570. The van der Waals surface area contributed by atoms with Crippen LogP contribution in [0.3, 0.4) is 0 Å². The summed E-state index contributed by atoms with van der Waals surface area (Å²) < 4.78 is 0. The molecule has 7 aromatic heterocycles. The molecular weight excluding hydrogens is 561 g/mol. The maximum Gasteiger partial charge on any atom is 0.0529 e. The minimum atomic E-state index is 1.34. The Labute approximate surface area is 231 Å². The maximum atomic E-state index is 2.31. The molecule has 0 aliphatic heterocycles. The third-order valence-corrected chi connectivity index (χ3v) is 12.5. The quantitative estimate of drug-likeness (QED) is 0.185. The molecule has 0 bridgehead atoms. The number of rotatable bonds is 6. The highest BCUT2D eigenvalue weighted by molar-refractivity contribution is 7.22. The van der Waals surface area contributed by atoms with Gasteiger partial charge >= 0.3 is 0 Å². The van der Waals surface area contributed by atoms with Gasteiger partial charge in [-0.25, -0.2) is 0 Å². The monoisotopic (exact) mass is 576 g/mol. The zero-order valence-electron chi connectivity index (χ0n) is 18.1. The van der Waals surface area contributed by atoms with Crippen LogP contribution in [-0.4, -0.2) is 0 Å². The highest BCUT2D eigenvalue weighted by Crippen LogP contribution is 2.51. The van der Waals surface area contributed by atoms with Crippen LogP contribution in [0.5, 0.6) is 0 Å². The van der Waals surface area contributed by atoms with E-state index in [0.717, 1.165) is 0 Å². The van der Waals surface area contributed by atoms with Gasteiger partial charge < -0.3 is 0 Å². The van der Waals surface area contributed by atoms with E-state index in [2.05, 4.69) is 92.3 Å². The topological polar surface area (TPSA) is 0 Å². The van der Waals surface area contributed by atoms with Gasteiger partial charge in [-0.1, -0.05) is 12.1 Å². The second-order valence-electron chi connectivity index (χ2n) is 7.77. The molecule has 0 amide bonds. The second-order valence-corrected chi connectivity index (χ2v) is 14.2. The van der Waals surface area contributed by atoms with E-state index in [-0.39, 0.29) is 0 Å². The summed E-state index contributed by atoms with van der Waals surface area (Å²) in [6.45, 7) is 0. The summed E-state index contributed by atoms with van der Waals surface area (Å²) in [5, 5.41) is 15.5. The molecule has 0 aliphatic carbocycles. The lowest BCUT2D eigenvalue weighted by Gasteiger charge is -2.08. The van der Waals surface area contributed by atoms with E-state index in [9.17, 15) is 0 Å². The zero-order chi connectivity index (χ0) is 23.2. The summed E-state index contributed by atoms with van der Waals surface area (Å²) in [6.07, 6.45) is 0. The van der Waals surface area contributed by atoms with Gasteiger partial charge in [-0.05, 0) is 80.1 Å². The van der Waals surface area contributed by atoms with Crippen molar-refractivity contribution in [2.45, 2.75) is 0 Å². The van der Waals surface area contributed by atoms with Crippen LogP contribution in [-0.2, 0) is 0 Å². The van der Waals surface area contributed by atoms with Crippen molar-refractivity contribution in [2.24, 2.45) is 0 Å². The third kappa shape index (κ3) is 3.86. The van der Waals surface area contributed by atoms with Crippen molar-refractivity contribution in [3.8, 4) is 62.0 Å². The van der Waals surface area contributed by atoms with Crippen LogP contribution in [0.2, 0.25) is 0 Å². The minimum absolute atomic E-state index is 1.34. The van der Waals surface area contributed by atoms with Gasteiger partial charge in [-0.15, -0.1) is 79.4 Å². The van der Waals surface area contributed by atoms with Crippen molar-refractivity contribution < 1.29 is 0 Å². The molecule has 0 unspecified atom stereocenters. The summed E-state index contributed by atoms with van der Waals surface area (Å²) >= 11 is 12.9. The molecule has 7 heteroatoms. The Balaban J connectivity index is 1.34. The van der Waals surface area contributed by atoms with Crippen LogP contribution in [0, 0.1) is 0 Å². The summed E-state index contributed by atoms with van der Waals surface area (Å²) in [6, 6.07) is 20.2. The summed E-state index contributed by atoms with van der Waals surface area (Å²) in [7, 11) is 0. The predicted octanol–water partition coefficient (Wildman–Crippen LogP) is 12.1. The van der Waals surface area contributed by atoms with Crippen LogP contribution >= 0.6 is 79.4 Å². The zero-order valence-corrected chi connectivity index (χ0v) is 23.8. The van der Waals surface area contributed by atoms with Crippen molar-refractivity contribution in [3.05, 3.63) is 92.3 Å². The molecular formula is C28H16S7. The van der Waals surface area contributed by atoms with Crippen molar-refractivity contribution >= 4 is 79.4 Å². The van der Waals surface area contributed by atoms with Gasteiger partial charge in [0.25, 0.3) is 0 Å². The average Bonchev–Trinajstić information content (AvgIpc) is 3.72. The van der Waals surface area contributed by atoms with Crippen molar-refractivity contribution in [3.63, 3.8) is 0 Å². The smallest absolute Gasteiger partial charge is 0.0529 e. The molecule has 0 fully saturated rings. The molecule has 7 heterocycles. The number of hydrogen-bond acceptors (Lipinski definition) is 7. The SMILES string of the molecule is c1csc(-c2ccsc2-c2ccsc2-c2ccsc2-c2ccsc2-c2ccsc2-c2cccs2)c1. The lowest BCUT2D eigenvalue weighted by atomic mass is 10.0.